The van der Waals surface area contributed by atoms with E-state index in [1.54, 1.807) is 0 Å². The lowest BCUT2D eigenvalue weighted by atomic mass is 10.0. The van der Waals surface area contributed by atoms with E-state index >= 15 is 0 Å². The lowest BCUT2D eigenvalue weighted by Gasteiger charge is -2.34. The highest BCUT2D eigenvalue weighted by Crippen LogP contribution is 2.18. The molecule has 1 fully saturated rings. The van der Waals surface area contributed by atoms with Gasteiger partial charge >= 0.3 is 0 Å². The topological polar surface area (TPSA) is 15.3 Å². The van der Waals surface area contributed by atoms with Crippen LogP contribution in [0.4, 0.5) is 0 Å². The van der Waals surface area contributed by atoms with Crippen LogP contribution >= 0.6 is 11.6 Å². The second-order valence-electron chi connectivity index (χ2n) is 5.56. The second kappa shape index (κ2) is 7.28. The highest BCUT2D eigenvalue weighted by Gasteiger charge is 2.25. The number of hydrogen-bond acceptors (Lipinski definition) is 2. The molecular weight excluding hydrogens is 256 g/mol. The lowest BCUT2D eigenvalue weighted by Crippen LogP contribution is -2.44. The number of halogens is 1. The molecule has 2 atom stereocenters. The molecule has 19 heavy (non-hydrogen) atoms. The van der Waals surface area contributed by atoms with Gasteiger partial charge in [0.1, 0.15) is 0 Å². The van der Waals surface area contributed by atoms with E-state index in [0.29, 0.717) is 12.1 Å². The van der Waals surface area contributed by atoms with Crippen LogP contribution in [-0.2, 0) is 6.42 Å². The Hall–Kier alpha value is -0.570. The van der Waals surface area contributed by atoms with Crippen molar-refractivity contribution in [1.29, 1.82) is 0 Å². The number of hydrogen-bond donors (Lipinski definition) is 1. The molecule has 0 saturated carbocycles. The van der Waals surface area contributed by atoms with Crippen molar-refractivity contribution >= 4 is 11.6 Å². The zero-order valence-corrected chi connectivity index (χ0v) is 12.8. The quantitative estimate of drug-likeness (QED) is 0.860. The Labute approximate surface area is 122 Å². The van der Waals surface area contributed by atoms with E-state index in [1.165, 1.54) is 31.5 Å². The average molecular weight is 281 g/mol. The average Bonchev–Trinajstić information content (AvgIpc) is 2.92. The van der Waals surface area contributed by atoms with Gasteiger partial charge in [-0.15, -0.1) is 0 Å². The fourth-order valence-electron chi connectivity index (χ4n) is 3.02. The molecule has 1 saturated heterocycles. The Morgan fingerprint density at radius 3 is 2.68 bits per heavy atom. The zero-order valence-electron chi connectivity index (χ0n) is 12.0. The summed E-state index contributed by atoms with van der Waals surface area (Å²) in [6, 6.07) is 9.58. The largest absolute Gasteiger partial charge is 0.315 e. The summed E-state index contributed by atoms with van der Waals surface area (Å²) in [4.78, 5) is 2.68. The first-order valence-electron chi connectivity index (χ1n) is 7.41. The molecule has 1 aliphatic heterocycles. The summed E-state index contributed by atoms with van der Waals surface area (Å²) in [5, 5.41) is 4.30. The second-order valence-corrected chi connectivity index (χ2v) is 6.00. The first-order chi connectivity index (χ1) is 9.20. The molecule has 0 amide bonds. The van der Waals surface area contributed by atoms with Crippen molar-refractivity contribution in [1.82, 2.24) is 10.2 Å². The standard InChI is InChI=1S/C16H25ClN2/c1-3-10-19(16-8-9-18-12-16)13(2)11-14-4-6-15(17)7-5-14/h4-7,13,16,18H,3,8-12H2,1-2H3. The summed E-state index contributed by atoms with van der Waals surface area (Å²) in [5.74, 6) is 0. The molecule has 0 spiro atoms. The molecule has 1 aromatic rings. The number of nitrogens with one attached hydrogen (secondary N) is 1. The normalized spacial score (nSPS) is 20.9. The minimum atomic E-state index is 0.589. The minimum Gasteiger partial charge on any atom is -0.315 e. The maximum atomic E-state index is 5.95. The van der Waals surface area contributed by atoms with E-state index in [0.717, 1.165) is 18.0 Å². The van der Waals surface area contributed by atoms with Gasteiger partial charge in [0.25, 0.3) is 0 Å². The molecule has 0 radical (unpaired) electrons. The van der Waals surface area contributed by atoms with Crippen molar-refractivity contribution in [3.05, 3.63) is 34.9 Å². The van der Waals surface area contributed by atoms with Crippen molar-refractivity contribution in [2.75, 3.05) is 19.6 Å². The van der Waals surface area contributed by atoms with Gasteiger partial charge < -0.3 is 5.32 Å². The van der Waals surface area contributed by atoms with E-state index in [2.05, 4.69) is 36.2 Å². The van der Waals surface area contributed by atoms with Crippen LogP contribution in [0.3, 0.4) is 0 Å². The van der Waals surface area contributed by atoms with E-state index in [1.807, 2.05) is 12.1 Å². The van der Waals surface area contributed by atoms with E-state index in [9.17, 15) is 0 Å². The summed E-state index contributed by atoms with van der Waals surface area (Å²) >= 11 is 5.95. The number of rotatable bonds is 6. The molecule has 0 aliphatic carbocycles. The summed E-state index contributed by atoms with van der Waals surface area (Å²) in [5.41, 5.74) is 1.38. The first-order valence-corrected chi connectivity index (χ1v) is 7.79. The van der Waals surface area contributed by atoms with Crippen LogP contribution in [0.25, 0.3) is 0 Å². The SMILES string of the molecule is CCCN(C(C)Cc1ccc(Cl)cc1)C1CCNC1. The fourth-order valence-corrected chi connectivity index (χ4v) is 3.15. The van der Waals surface area contributed by atoms with Crippen molar-refractivity contribution in [2.24, 2.45) is 0 Å². The van der Waals surface area contributed by atoms with Gasteiger partial charge in [0.05, 0.1) is 0 Å². The molecule has 3 heteroatoms. The molecular formula is C16H25ClN2. The maximum Gasteiger partial charge on any atom is 0.0406 e. The Balaban J connectivity index is 1.98. The third-order valence-corrected chi connectivity index (χ3v) is 4.25. The first kappa shape index (κ1) is 14.8. The molecule has 1 heterocycles. The molecule has 106 valence electrons. The van der Waals surface area contributed by atoms with Crippen LogP contribution < -0.4 is 5.32 Å². The van der Waals surface area contributed by atoms with Gasteiger partial charge in [-0.3, -0.25) is 4.90 Å². The van der Waals surface area contributed by atoms with Crippen LogP contribution in [0.5, 0.6) is 0 Å². The molecule has 1 aliphatic rings. The summed E-state index contributed by atoms with van der Waals surface area (Å²) < 4.78 is 0. The highest BCUT2D eigenvalue weighted by molar-refractivity contribution is 6.30. The number of nitrogens with zero attached hydrogens (tertiary/aromatic N) is 1. The van der Waals surface area contributed by atoms with Crippen LogP contribution in [0.1, 0.15) is 32.3 Å². The fraction of sp³-hybridized carbons (Fsp3) is 0.625. The monoisotopic (exact) mass is 280 g/mol. The molecule has 0 aromatic heterocycles. The molecule has 2 unspecified atom stereocenters. The van der Waals surface area contributed by atoms with Gasteiger partial charge in [0.15, 0.2) is 0 Å². The van der Waals surface area contributed by atoms with E-state index in [4.69, 9.17) is 11.6 Å². The smallest absolute Gasteiger partial charge is 0.0406 e. The van der Waals surface area contributed by atoms with Gasteiger partial charge in [-0.05, 0) is 57.0 Å². The van der Waals surface area contributed by atoms with Crippen LogP contribution in [0.15, 0.2) is 24.3 Å². The van der Waals surface area contributed by atoms with Crippen molar-refractivity contribution in [2.45, 2.75) is 45.2 Å². The Kier molecular flexibility index (Phi) is 5.68. The van der Waals surface area contributed by atoms with Crippen LogP contribution in [0.2, 0.25) is 5.02 Å². The summed E-state index contributed by atoms with van der Waals surface area (Å²) in [6.07, 6.45) is 3.61. The van der Waals surface area contributed by atoms with Crippen molar-refractivity contribution in [3.8, 4) is 0 Å². The molecule has 1 N–H and O–H groups in total. The predicted molar refractivity (Wildman–Crippen MR) is 82.9 cm³/mol. The Bertz CT molecular complexity index is 371. The number of benzene rings is 1. The molecule has 2 rings (SSSR count). The summed E-state index contributed by atoms with van der Waals surface area (Å²) in [7, 11) is 0. The molecule has 2 nitrogen and oxygen atoms in total. The Morgan fingerprint density at radius 2 is 2.11 bits per heavy atom. The van der Waals surface area contributed by atoms with Gasteiger partial charge in [-0.1, -0.05) is 30.7 Å². The van der Waals surface area contributed by atoms with E-state index in [-0.39, 0.29) is 0 Å². The maximum absolute atomic E-state index is 5.95. The third kappa shape index (κ3) is 4.20. The molecule has 0 bridgehead atoms. The van der Waals surface area contributed by atoms with E-state index < -0.39 is 0 Å². The minimum absolute atomic E-state index is 0.589. The molecule has 1 aromatic carbocycles. The van der Waals surface area contributed by atoms with Gasteiger partial charge in [-0.2, -0.15) is 0 Å². The zero-order chi connectivity index (χ0) is 13.7. The van der Waals surface area contributed by atoms with Gasteiger partial charge in [0, 0.05) is 23.7 Å². The van der Waals surface area contributed by atoms with Crippen molar-refractivity contribution in [3.63, 3.8) is 0 Å². The lowest BCUT2D eigenvalue weighted by molar-refractivity contribution is 0.152. The predicted octanol–water partition coefficient (Wildman–Crippen LogP) is 3.34. The highest BCUT2D eigenvalue weighted by atomic mass is 35.5. The van der Waals surface area contributed by atoms with Crippen molar-refractivity contribution < 1.29 is 0 Å². The van der Waals surface area contributed by atoms with Gasteiger partial charge in [-0.25, -0.2) is 0 Å². The van der Waals surface area contributed by atoms with Crippen LogP contribution in [0, 0.1) is 0 Å². The third-order valence-electron chi connectivity index (χ3n) is 4.00. The van der Waals surface area contributed by atoms with Crippen LogP contribution in [-0.4, -0.2) is 36.6 Å². The summed E-state index contributed by atoms with van der Waals surface area (Å²) in [6.45, 7) is 8.12. The Morgan fingerprint density at radius 1 is 1.37 bits per heavy atom. The van der Waals surface area contributed by atoms with Gasteiger partial charge in [0.2, 0.25) is 0 Å².